The standard InChI is InChI=1S/C17H27N3O2/c1-14(13-21)19(2)17(22)18-16-9-6-10-20(12-16)11-15-7-4-3-5-8-15/h3-5,7-8,14,16,21H,6,9-13H2,1-2H3,(H,18,22). The molecule has 0 aromatic heterocycles. The van der Waals surface area contributed by atoms with Gasteiger partial charge in [-0.3, -0.25) is 4.90 Å². The number of amides is 2. The van der Waals surface area contributed by atoms with Gasteiger partial charge in [-0.15, -0.1) is 0 Å². The molecule has 1 aromatic rings. The molecule has 1 fully saturated rings. The van der Waals surface area contributed by atoms with Crippen molar-refractivity contribution in [1.29, 1.82) is 0 Å². The van der Waals surface area contributed by atoms with E-state index in [2.05, 4.69) is 34.5 Å². The van der Waals surface area contributed by atoms with Crippen molar-refractivity contribution in [1.82, 2.24) is 15.1 Å². The number of likely N-dealkylation sites (N-methyl/N-ethyl adjacent to an activating group) is 1. The summed E-state index contributed by atoms with van der Waals surface area (Å²) < 4.78 is 0. The van der Waals surface area contributed by atoms with Gasteiger partial charge in [-0.25, -0.2) is 4.79 Å². The SMILES string of the molecule is CC(CO)N(C)C(=O)NC1CCCN(Cc2ccccc2)C1. The molecule has 2 amide bonds. The van der Waals surface area contributed by atoms with Crippen LogP contribution in [0, 0.1) is 0 Å². The zero-order valence-electron chi connectivity index (χ0n) is 13.5. The third kappa shape index (κ3) is 4.71. The van der Waals surface area contributed by atoms with Gasteiger partial charge < -0.3 is 15.3 Å². The second kappa shape index (κ2) is 8.15. The molecule has 0 bridgehead atoms. The zero-order valence-corrected chi connectivity index (χ0v) is 13.5. The third-order valence-electron chi connectivity index (χ3n) is 4.33. The van der Waals surface area contributed by atoms with Crippen LogP contribution in [0.2, 0.25) is 0 Å². The number of hydrogen-bond donors (Lipinski definition) is 2. The molecule has 122 valence electrons. The predicted octanol–water partition coefficient (Wildman–Crippen LogP) is 1.67. The van der Waals surface area contributed by atoms with Crippen molar-refractivity contribution < 1.29 is 9.90 Å². The van der Waals surface area contributed by atoms with Gasteiger partial charge in [0.15, 0.2) is 0 Å². The highest BCUT2D eigenvalue weighted by Crippen LogP contribution is 2.14. The second-order valence-electron chi connectivity index (χ2n) is 6.15. The van der Waals surface area contributed by atoms with E-state index in [0.29, 0.717) is 0 Å². The number of benzene rings is 1. The maximum absolute atomic E-state index is 12.2. The number of aliphatic hydroxyl groups excluding tert-OH is 1. The van der Waals surface area contributed by atoms with Gasteiger partial charge in [0.2, 0.25) is 0 Å². The van der Waals surface area contributed by atoms with Crippen molar-refractivity contribution in [2.75, 3.05) is 26.7 Å². The summed E-state index contributed by atoms with van der Waals surface area (Å²) in [6.45, 7) is 4.69. The van der Waals surface area contributed by atoms with Gasteiger partial charge in [-0.2, -0.15) is 0 Å². The number of urea groups is 1. The lowest BCUT2D eigenvalue weighted by Crippen LogP contribution is -2.52. The molecule has 22 heavy (non-hydrogen) atoms. The summed E-state index contributed by atoms with van der Waals surface area (Å²) in [7, 11) is 1.72. The number of nitrogens with zero attached hydrogens (tertiary/aromatic N) is 2. The molecule has 1 aromatic carbocycles. The van der Waals surface area contributed by atoms with Crippen molar-refractivity contribution in [3.63, 3.8) is 0 Å². The van der Waals surface area contributed by atoms with E-state index in [0.717, 1.165) is 32.5 Å². The molecular weight excluding hydrogens is 278 g/mol. The van der Waals surface area contributed by atoms with E-state index in [9.17, 15) is 4.79 Å². The molecule has 5 nitrogen and oxygen atoms in total. The summed E-state index contributed by atoms with van der Waals surface area (Å²) in [5.74, 6) is 0. The van der Waals surface area contributed by atoms with E-state index in [-0.39, 0.29) is 24.7 Å². The fraction of sp³-hybridized carbons (Fsp3) is 0.588. The Labute approximate surface area is 132 Å². The predicted molar refractivity (Wildman–Crippen MR) is 87.6 cm³/mol. The Morgan fingerprint density at radius 1 is 1.45 bits per heavy atom. The Balaban J connectivity index is 1.84. The van der Waals surface area contributed by atoms with Crippen LogP contribution in [0.25, 0.3) is 0 Å². The number of carbonyl (C=O) groups is 1. The van der Waals surface area contributed by atoms with Crippen molar-refractivity contribution in [2.24, 2.45) is 0 Å². The van der Waals surface area contributed by atoms with Gasteiger partial charge in [-0.05, 0) is 31.9 Å². The van der Waals surface area contributed by atoms with Crippen LogP contribution in [0.1, 0.15) is 25.3 Å². The monoisotopic (exact) mass is 305 g/mol. The lowest BCUT2D eigenvalue weighted by Gasteiger charge is -2.34. The largest absolute Gasteiger partial charge is 0.394 e. The van der Waals surface area contributed by atoms with Crippen LogP contribution in [0.3, 0.4) is 0 Å². The zero-order chi connectivity index (χ0) is 15.9. The van der Waals surface area contributed by atoms with E-state index < -0.39 is 0 Å². The molecular formula is C17H27N3O2. The quantitative estimate of drug-likeness (QED) is 0.870. The molecule has 2 unspecified atom stereocenters. The van der Waals surface area contributed by atoms with E-state index in [1.165, 1.54) is 5.56 Å². The van der Waals surface area contributed by atoms with Crippen LogP contribution < -0.4 is 5.32 Å². The van der Waals surface area contributed by atoms with Gasteiger partial charge in [0, 0.05) is 26.2 Å². The average molecular weight is 305 g/mol. The Morgan fingerprint density at radius 3 is 2.86 bits per heavy atom. The van der Waals surface area contributed by atoms with Crippen LogP contribution in [0.4, 0.5) is 4.79 Å². The second-order valence-corrected chi connectivity index (χ2v) is 6.15. The van der Waals surface area contributed by atoms with Crippen LogP contribution in [0.5, 0.6) is 0 Å². The van der Waals surface area contributed by atoms with E-state index in [4.69, 9.17) is 5.11 Å². The molecule has 5 heteroatoms. The number of hydrogen-bond acceptors (Lipinski definition) is 3. The number of aliphatic hydroxyl groups is 1. The number of carbonyl (C=O) groups excluding carboxylic acids is 1. The van der Waals surface area contributed by atoms with Gasteiger partial charge >= 0.3 is 6.03 Å². The molecule has 0 aliphatic carbocycles. The maximum atomic E-state index is 12.2. The molecule has 0 spiro atoms. The first-order valence-electron chi connectivity index (χ1n) is 8.00. The molecule has 0 radical (unpaired) electrons. The molecule has 1 heterocycles. The van der Waals surface area contributed by atoms with E-state index in [1.54, 1.807) is 11.9 Å². The summed E-state index contributed by atoms with van der Waals surface area (Å²) in [6.07, 6.45) is 2.11. The maximum Gasteiger partial charge on any atom is 0.317 e. The molecule has 2 N–H and O–H groups in total. The van der Waals surface area contributed by atoms with Crippen molar-refractivity contribution in [3.05, 3.63) is 35.9 Å². The lowest BCUT2D eigenvalue weighted by atomic mass is 10.0. The molecule has 1 saturated heterocycles. The molecule has 2 atom stereocenters. The van der Waals surface area contributed by atoms with E-state index >= 15 is 0 Å². The van der Waals surface area contributed by atoms with Gasteiger partial charge in [0.1, 0.15) is 0 Å². The highest BCUT2D eigenvalue weighted by molar-refractivity contribution is 5.74. The first-order chi connectivity index (χ1) is 10.6. The average Bonchev–Trinajstić information content (AvgIpc) is 2.54. The van der Waals surface area contributed by atoms with Crippen LogP contribution in [-0.2, 0) is 6.54 Å². The lowest BCUT2D eigenvalue weighted by molar-refractivity contribution is 0.142. The molecule has 1 aliphatic rings. The molecule has 0 saturated carbocycles. The topological polar surface area (TPSA) is 55.8 Å². The van der Waals surface area contributed by atoms with Crippen LogP contribution in [0.15, 0.2) is 30.3 Å². The number of nitrogens with one attached hydrogen (secondary N) is 1. The summed E-state index contributed by atoms with van der Waals surface area (Å²) in [4.78, 5) is 16.1. The van der Waals surface area contributed by atoms with Gasteiger partial charge in [0.25, 0.3) is 0 Å². The number of likely N-dealkylation sites (tertiary alicyclic amines) is 1. The highest BCUT2D eigenvalue weighted by Gasteiger charge is 2.23. The normalized spacial score (nSPS) is 20.4. The van der Waals surface area contributed by atoms with Crippen molar-refractivity contribution >= 4 is 6.03 Å². The molecule has 2 rings (SSSR count). The Kier molecular flexibility index (Phi) is 6.21. The minimum Gasteiger partial charge on any atom is -0.394 e. The summed E-state index contributed by atoms with van der Waals surface area (Å²) >= 11 is 0. The Morgan fingerprint density at radius 2 is 2.18 bits per heavy atom. The van der Waals surface area contributed by atoms with Crippen molar-refractivity contribution in [2.45, 2.75) is 38.4 Å². The fourth-order valence-electron chi connectivity index (χ4n) is 2.76. The number of rotatable bonds is 5. The van der Waals surface area contributed by atoms with E-state index in [1.807, 2.05) is 13.0 Å². The molecule has 1 aliphatic heterocycles. The Bertz CT molecular complexity index is 466. The van der Waals surface area contributed by atoms with Gasteiger partial charge in [0.05, 0.1) is 12.6 Å². The Hall–Kier alpha value is -1.59. The first kappa shape index (κ1) is 16.8. The van der Waals surface area contributed by atoms with Gasteiger partial charge in [-0.1, -0.05) is 30.3 Å². The first-order valence-corrected chi connectivity index (χ1v) is 8.00. The highest BCUT2D eigenvalue weighted by atomic mass is 16.3. The van der Waals surface area contributed by atoms with Crippen molar-refractivity contribution in [3.8, 4) is 0 Å². The third-order valence-corrected chi connectivity index (χ3v) is 4.33. The minimum absolute atomic E-state index is 0.0191. The fourth-order valence-corrected chi connectivity index (χ4v) is 2.76. The summed E-state index contributed by atoms with van der Waals surface area (Å²) in [5.41, 5.74) is 1.31. The smallest absolute Gasteiger partial charge is 0.317 e. The number of piperidine rings is 1. The van der Waals surface area contributed by atoms with Crippen LogP contribution in [-0.4, -0.2) is 59.8 Å². The summed E-state index contributed by atoms with van der Waals surface area (Å²) in [5, 5.41) is 12.2. The summed E-state index contributed by atoms with van der Waals surface area (Å²) in [6, 6.07) is 10.3. The minimum atomic E-state index is -0.163. The van der Waals surface area contributed by atoms with Crippen LogP contribution >= 0.6 is 0 Å².